The third kappa shape index (κ3) is 3.52. The monoisotopic (exact) mass is 389 g/mol. The standard InChI is InChI=1S/C18H23N5O3S/c1-22-15-13(17(25)23(2)18(22)26)16(21-14(20-15)10-7-8-10)27-9-12(24)19-11-5-3-4-6-11/h10-11H,3-9H2,1-2H3,(H,19,24). The highest BCUT2D eigenvalue weighted by molar-refractivity contribution is 8.00. The Morgan fingerprint density at radius 3 is 2.48 bits per heavy atom. The first-order valence-electron chi connectivity index (χ1n) is 9.35. The number of nitrogens with one attached hydrogen (secondary N) is 1. The number of hydrogen-bond acceptors (Lipinski definition) is 6. The van der Waals surface area contributed by atoms with Gasteiger partial charge in [0.25, 0.3) is 5.56 Å². The van der Waals surface area contributed by atoms with Gasteiger partial charge < -0.3 is 5.32 Å². The summed E-state index contributed by atoms with van der Waals surface area (Å²) < 4.78 is 2.44. The van der Waals surface area contributed by atoms with Gasteiger partial charge in [0.1, 0.15) is 16.2 Å². The minimum atomic E-state index is -0.422. The zero-order valence-electron chi connectivity index (χ0n) is 15.5. The van der Waals surface area contributed by atoms with E-state index >= 15 is 0 Å². The molecule has 2 heterocycles. The summed E-state index contributed by atoms with van der Waals surface area (Å²) in [6, 6.07) is 0.260. The van der Waals surface area contributed by atoms with Crippen LogP contribution in [0.3, 0.4) is 0 Å². The van der Waals surface area contributed by atoms with Crippen molar-refractivity contribution in [2.75, 3.05) is 5.75 Å². The molecule has 8 nitrogen and oxygen atoms in total. The molecule has 2 aliphatic carbocycles. The molecule has 0 radical (unpaired) electrons. The number of carbonyl (C=O) groups is 1. The topological polar surface area (TPSA) is 98.9 Å². The van der Waals surface area contributed by atoms with E-state index in [-0.39, 0.29) is 23.6 Å². The lowest BCUT2D eigenvalue weighted by atomic mass is 10.2. The van der Waals surface area contributed by atoms with Crippen molar-refractivity contribution >= 4 is 28.7 Å². The molecule has 0 aliphatic heterocycles. The predicted octanol–water partition coefficient (Wildman–Crippen LogP) is 1.06. The van der Waals surface area contributed by atoms with E-state index in [1.807, 2.05) is 0 Å². The van der Waals surface area contributed by atoms with Crippen molar-refractivity contribution in [3.8, 4) is 0 Å². The van der Waals surface area contributed by atoms with Gasteiger partial charge in [-0.1, -0.05) is 24.6 Å². The van der Waals surface area contributed by atoms with Crippen LogP contribution in [0.15, 0.2) is 14.6 Å². The molecule has 4 rings (SSSR count). The van der Waals surface area contributed by atoms with Crippen molar-refractivity contribution in [3.63, 3.8) is 0 Å². The molecule has 2 saturated carbocycles. The van der Waals surface area contributed by atoms with Crippen LogP contribution in [-0.4, -0.2) is 36.8 Å². The summed E-state index contributed by atoms with van der Waals surface area (Å²) in [5.41, 5.74) is -0.490. The fourth-order valence-electron chi connectivity index (χ4n) is 3.55. The highest BCUT2D eigenvalue weighted by atomic mass is 32.2. The van der Waals surface area contributed by atoms with Gasteiger partial charge in [-0.25, -0.2) is 14.8 Å². The third-order valence-electron chi connectivity index (χ3n) is 5.29. The highest BCUT2D eigenvalue weighted by Crippen LogP contribution is 2.39. The first-order valence-corrected chi connectivity index (χ1v) is 10.3. The van der Waals surface area contributed by atoms with Crippen LogP contribution in [-0.2, 0) is 18.9 Å². The van der Waals surface area contributed by atoms with Crippen LogP contribution in [0.25, 0.3) is 11.0 Å². The summed E-state index contributed by atoms with van der Waals surface area (Å²) in [7, 11) is 3.05. The summed E-state index contributed by atoms with van der Waals surface area (Å²) in [5.74, 6) is 1.08. The average molecular weight is 389 g/mol. The second kappa shape index (κ2) is 7.10. The third-order valence-corrected chi connectivity index (χ3v) is 6.26. The van der Waals surface area contributed by atoms with Gasteiger partial charge in [-0.15, -0.1) is 0 Å². The molecule has 1 N–H and O–H groups in total. The second-order valence-electron chi connectivity index (χ2n) is 7.40. The molecular formula is C18H23N5O3S. The number of aryl methyl sites for hydroxylation is 1. The number of thioether (sulfide) groups is 1. The minimum absolute atomic E-state index is 0.0479. The Hall–Kier alpha value is -2.16. The SMILES string of the molecule is Cn1c(=O)c2c(SCC(=O)NC3CCCC3)nc(C3CC3)nc2n(C)c1=O. The normalized spacial score (nSPS) is 17.6. The smallest absolute Gasteiger partial charge is 0.332 e. The molecule has 2 aliphatic rings. The van der Waals surface area contributed by atoms with E-state index in [1.54, 1.807) is 7.05 Å². The van der Waals surface area contributed by atoms with E-state index in [4.69, 9.17) is 0 Å². The van der Waals surface area contributed by atoms with E-state index < -0.39 is 11.2 Å². The molecule has 27 heavy (non-hydrogen) atoms. The maximum atomic E-state index is 12.7. The van der Waals surface area contributed by atoms with Crippen molar-refractivity contribution in [1.82, 2.24) is 24.4 Å². The van der Waals surface area contributed by atoms with Crippen molar-refractivity contribution in [2.24, 2.45) is 14.1 Å². The van der Waals surface area contributed by atoms with E-state index in [0.29, 0.717) is 21.9 Å². The Labute approximate surface area is 160 Å². The zero-order valence-corrected chi connectivity index (χ0v) is 16.3. The minimum Gasteiger partial charge on any atom is -0.353 e. The van der Waals surface area contributed by atoms with Crippen molar-refractivity contribution in [3.05, 3.63) is 26.7 Å². The van der Waals surface area contributed by atoms with Gasteiger partial charge >= 0.3 is 5.69 Å². The predicted molar refractivity (Wildman–Crippen MR) is 103 cm³/mol. The van der Waals surface area contributed by atoms with Gasteiger partial charge in [0.2, 0.25) is 5.91 Å². The van der Waals surface area contributed by atoms with Crippen LogP contribution in [0.1, 0.15) is 50.3 Å². The number of aromatic nitrogens is 4. The largest absolute Gasteiger partial charge is 0.353 e. The van der Waals surface area contributed by atoms with Gasteiger partial charge in [-0.05, 0) is 25.7 Å². The van der Waals surface area contributed by atoms with Crippen LogP contribution < -0.4 is 16.6 Å². The molecule has 0 aromatic carbocycles. The fourth-order valence-corrected chi connectivity index (χ4v) is 4.38. The van der Waals surface area contributed by atoms with E-state index in [0.717, 1.165) is 43.1 Å². The van der Waals surface area contributed by atoms with Gasteiger partial charge in [0, 0.05) is 26.1 Å². The Morgan fingerprint density at radius 2 is 1.81 bits per heavy atom. The van der Waals surface area contributed by atoms with Gasteiger partial charge in [0.15, 0.2) is 5.65 Å². The van der Waals surface area contributed by atoms with Crippen LogP contribution in [0.2, 0.25) is 0 Å². The quantitative estimate of drug-likeness (QED) is 0.606. The van der Waals surface area contributed by atoms with Crippen molar-refractivity contribution in [1.29, 1.82) is 0 Å². The van der Waals surface area contributed by atoms with Crippen LogP contribution in [0.5, 0.6) is 0 Å². The number of carbonyl (C=O) groups excluding carboxylic acids is 1. The van der Waals surface area contributed by atoms with E-state index in [2.05, 4.69) is 15.3 Å². The molecule has 2 aromatic rings. The lowest BCUT2D eigenvalue weighted by Gasteiger charge is -2.13. The molecule has 2 fully saturated rings. The average Bonchev–Trinajstić information content (AvgIpc) is 3.39. The van der Waals surface area contributed by atoms with Gasteiger partial charge in [-0.3, -0.25) is 18.7 Å². The van der Waals surface area contributed by atoms with Crippen LogP contribution in [0.4, 0.5) is 0 Å². The number of hydrogen-bond donors (Lipinski definition) is 1. The van der Waals surface area contributed by atoms with E-state index in [9.17, 15) is 14.4 Å². The Morgan fingerprint density at radius 1 is 1.11 bits per heavy atom. The molecular weight excluding hydrogens is 366 g/mol. The van der Waals surface area contributed by atoms with Gasteiger partial charge in [0.05, 0.1) is 5.75 Å². The zero-order chi connectivity index (χ0) is 19.1. The molecule has 0 unspecified atom stereocenters. The molecule has 0 atom stereocenters. The molecule has 144 valence electrons. The van der Waals surface area contributed by atoms with Gasteiger partial charge in [-0.2, -0.15) is 0 Å². The van der Waals surface area contributed by atoms with Crippen LogP contribution >= 0.6 is 11.8 Å². The molecule has 1 amide bonds. The number of amides is 1. The maximum absolute atomic E-state index is 12.7. The molecule has 0 bridgehead atoms. The highest BCUT2D eigenvalue weighted by Gasteiger charge is 2.29. The first kappa shape index (κ1) is 18.2. The molecule has 0 saturated heterocycles. The lowest BCUT2D eigenvalue weighted by Crippen LogP contribution is -2.38. The maximum Gasteiger partial charge on any atom is 0.332 e. The van der Waals surface area contributed by atoms with Crippen molar-refractivity contribution in [2.45, 2.75) is 55.5 Å². The number of rotatable bonds is 5. The fraction of sp³-hybridized carbons (Fsp3) is 0.611. The molecule has 9 heteroatoms. The molecule has 0 spiro atoms. The summed E-state index contributed by atoms with van der Waals surface area (Å²) in [6.07, 6.45) is 6.39. The summed E-state index contributed by atoms with van der Waals surface area (Å²) in [4.78, 5) is 46.3. The van der Waals surface area contributed by atoms with Crippen molar-refractivity contribution < 1.29 is 4.79 Å². The number of fused-ring (bicyclic) bond motifs is 1. The second-order valence-corrected chi connectivity index (χ2v) is 8.37. The summed E-state index contributed by atoms with van der Waals surface area (Å²) >= 11 is 1.25. The molecule has 2 aromatic heterocycles. The first-order chi connectivity index (χ1) is 13.0. The van der Waals surface area contributed by atoms with Crippen LogP contribution in [0, 0.1) is 0 Å². The summed E-state index contributed by atoms with van der Waals surface area (Å²) in [5, 5.41) is 3.85. The van der Waals surface area contributed by atoms with E-state index in [1.165, 1.54) is 23.4 Å². The Balaban J connectivity index is 1.69. The summed E-state index contributed by atoms with van der Waals surface area (Å²) in [6.45, 7) is 0. The Bertz CT molecular complexity index is 1020. The lowest BCUT2D eigenvalue weighted by molar-refractivity contribution is -0.119. The Kier molecular flexibility index (Phi) is 4.79. The number of nitrogens with zero attached hydrogens (tertiary/aromatic N) is 4.